The van der Waals surface area contributed by atoms with Gasteiger partial charge in [0.1, 0.15) is 17.2 Å². The van der Waals surface area contributed by atoms with Crippen LogP contribution in [0, 0.1) is 15.9 Å². The van der Waals surface area contributed by atoms with Crippen LogP contribution in [0.3, 0.4) is 0 Å². The van der Waals surface area contributed by atoms with Crippen molar-refractivity contribution in [3.63, 3.8) is 0 Å². The molecule has 7 heteroatoms. The summed E-state index contributed by atoms with van der Waals surface area (Å²) in [7, 11) is 0. The van der Waals surface area contributed by atoms with Gasteiger partial charge in [-0.25, -0.2) is 9.37 Å². The van der Waals surface area contributed by atoms with E-state index in [1.54, 1.807) is 0 Å². The van der Waals surface area contributed by atoms with E-state index in [0.29, 0.717) is 18.7 Å². The second kappa shape index (κ2) is 5.80. The maximum atomic E-state index is 13.1. The zero-order valence-electron chi connectivity index (χ0n) is 11.6. The lowest BCUT2D eigenvalue weighted by Gasteiger charge is -2.05. The van der Waals surface area contributed by atoms with Crippen molar-refractivity contribution < 1.29 is 9.31 Å². The molecule has 2 aromatic heterocycles. The number of rotatable bonds is 5. The molecule has 0 fully saturated rings. The number of nitro groups is 1. The minimum atomic E-state index is -0.627. The predicted molar refractivity (Wildman–Crippen MR) is 80.4 cm³/mol. The molecule has 0 spiro atoms. The number of nitrogens with one attached hydrogen (secondary N) is 1. The zero-order valence-corrected chi connectivity index (χ0v) is 11.6. The number of benzene rings is 1. The number of hydrogen-bond acceptors (Lipinski definition) is 4. The molecule has 6 nitrogen and oxygen atoms in total. The number of nitro benzene ring substituents is 1. The van der Waals surface area contributed by atoms with E-state index in [9.17, 15) is 14.5 Å². The molecule has 1 aromatic carbocycles. The zero-order chi connectivity index (χ0) is 15.5. The van der Waals surface area contributed by atoms with Gasteiger partial charge in [-0.15, -0.1) is 0 Å². The summed E-state index contributed by atoms with van der Waals surface area (Å²) < 4.78 is 15.0. The quantitative estimate of drug-likeness (QED) is 0.580. The van der Waals surface area contributed by atoms with Gasteiger partial charge in [0.25, 0.3) is 5.69 Å². The number of anilines is 1. The Morgan fingerprint density at radius 3 is 2.95 bits per heavy atom. The van der Waals surface area contributed by atoms with Crippen molar-refractivity contribution in [1.29, 1.82) is 0 Å². The average Bonchev–Trinajstić information content (AvgIpc) is 2.91. The minimum Gasteiger partial charge on any atom is -0.379 e. The molecule has 0 aliphatic heterocycles. The third kappa shape index (κ3) is 2.88. The first-order valence-electron chi connectivity index (χ1n) is 6.74. The highest BCUT2D eigenvalue weighted by atomic mass is 19.1. The average molecular weight is 300 g/mol. The number of pyridine rings is 1. The largest absolute Gasteiger partial charge is 0.379 e. The fourth-order valence-electron chi connectivity index (χ4n) is 2.24. The van der Waals surface area contributed by atoms with Crippen molar-refractivity contribution in [1.82, 2.24) is 9.38 Å². The SMILES string of the molecule is O=[N+]([O-])c1cc(F)ccc1NCCc1cn2ccccc2n1. The van der Waals surface area contributed by atoms with Crippen LogP contribution in [0.4, 0.5) is 15.8 Å². The van der Waals surface area contributed by atoms with Crippen LogP contribution in [0.15, 0.2) is 48.8 Å². The summed E-state index contributed by atoms with van der Waals surface area (Å²) in [6.07, 6.45) is 4.43. The summed E-state index contributed by atoms with van der Waals surface area (Å²) >= 11 is 0. The van der Waals surface area contributed by atoms with Gasteiger partial charge in [0.05, 0.1) is 16.7 Å². The third-order valence-electron chi connectivity index (χ3n) is 3.27. The van der Waals surface area contributed by atoms with E-state index in [4.69, 9.17) is 0 Å². The van der Waals surface area contributed by atoms with Crippen LogP contribution in [0.5, 0.6) is 0 Å². The van der Waals surface area contributed by atoms with Gasteiger partial charge in [-0.2, -0.15) is 0 Å². The highest BCUT2D eigenvalue weighted by Crippen LogP contribution is 2.24. The van der Waals surface area contributed by atoms with Crippen LogP contribution < -0.4 is 5.32 Å². The fraction of sp³-hybridized carbons (Fsp3) is 0.133. The summed E-state index contributed by atoms with van der Waals surface area (Å²) in [6.45, 7) is 0.469. The third-order valence-corrected chi connectivity index (χ3v) is 3.27. The van der Waals surface area contributed by atoms with Crippen molar-refractivity contribution in [2.24, 2.45) is 0 Å². The Hall–Kier alpha value is -2.96. The lowest BCUT2D eigenvalue weighted by molar-refractivity contribution is -0.384. The Morgan fingerprint density at radius 1 is 1.32 bits per heavy atom. The topological polar surface area (TPSA) is 72.5 Å². The lowest BCUT2D eigenvalue weighted by Crippen LogP contribution is -2.07. The summed E-state index contributed by atoms with van der Waals surface area (Å²) in [6, 6.07) is 9.21. The molecule has 0 bridgehead atoms. The van der Waals surface area contributed by atoms with E-state index in [0.717, 1.165) is 17.4 Å². The predicted octanol–water partition coefficient (Wildman–Crippen LogP) is 3.04. The molecule has 112 valence electrons. The van der Waals surface area contributed by atoms with Crippen molar-refractivity contribution in [2.45, 2.75) is 6.42 Å². The first kappa shape index (κ1) is 14.0. The Kier molecular flexibility index (Phi) is 3.69. The molecule has 3 aromatic rings. The molecule has 0 atom stereocenters. The second-order valence-electron chi connectivity index (χ2n) is 4.79. The molecule has 3 rings (SSSR count). The smallest absolute Gasteiger partial charge is 0.295 e. The number of fused-ring (bicyclic) bond motifs is 1. The highest BCUT2D eigenvalue weighted by molar-refractivity contribution is 5.61. The van der Waals surface area contributed by atoms with Crippen LogP contribution >= 0.6 is 0 Å². The molecule has 0 radical (unpaired) electrons. The van der Waals surface area contributed by atoms with E-state index < -0.39 is 10.7 Å². The van der Waals surface area contributed by atoms with Crippen LogP contribution in [0.2, 0.25) is 0 Å². The molecular weight excluding hydrogens is 287 g/mol. The molecule has 0 unspecified atom stereocenters. The molecule has 0 saturated heterocycles. The maximum Gasteiger partial charge on any atom is 0.295 e. The normalized spacial score (nSPS) is 10.8. The van der Waals surface area contributed by atoms with Gasteiger partial charge in [-0.05, 0) is 24.3 Å². The molecular formula is C15H13FN4O2. The van der Waals surface area contributed by atoms with Crippen LogP contribution in [-0.2, 0) is 6.42 Å². The summed E-state index contributed by atoms with van der Waals surface area (Å²) in [5.74, 6) is -0.627. The van der Waals surface area contributed by atoms with Crippen LogP contribution in [0.1, 0.15) is 5.69 Å². The van der Waals surface area contributed by atoms with Crippen molar-refractivity contribution in [3.05, 3.63) is 70.4 Å². The molecule has 0 saturated carbocycles. The fourth-order valence-corrected chi connectivity index (χ4v) is 2.24. The van der Waals surface area contributed by atoms with Gasteiger partial charge in [0, 0.05) is 25.4 Å². The monoisotopic (exact) mass is 300 g/mol. The minimum absolute atomic E-state index is 0.269. The summed E-state index contributed by atoms with van der Waals surface area (Å²) in [5, 5.41) is 13.9. The van der Waals surface area contributed by atoms with Gasteiger partial charge < -0.3 is 9.72 Å². The number of hydrogen-bond donors (Lipinski definition) is 1. The van der Waals surface area contributed by atoms with E-state index in [1.165, 1.54) is 12.1 Å². The Balaban J connectivity index is 1.69. The Bertz CT molecular complexity index is 798. The molecule has 0 aliphatic rings. The molecule has 2 heterocycles. The van der Waals surface area contributed by atoms with Crippen molar-refractivity contribution >= 4 is 17.0 Å². The molecule has 0 amide bonds. The maximum absolute atomic E-state index is 13.1. The van der Waals surface area contributed by atoms with E-state index >= 15 is 0 Å². The molecule has 0 aliphatic carbocycles. The van der Waals surface area contributed by atoms with Crippen molar-refractivity contribution in [3.8, 4) is 0 Å². The van der Waals surface area contributed by atoms with E-state index in [2.05, 4.69) is 10.3 Å². The number of imidazole rings is 1. The highest BCUT2D eigenvalue weighted by Gasteiger charge is 2.14. The molecule has 22 heavy (non-hydrogen) atoms. The van der Waals surface area contributed by atoms with Gasteiger partial charge in [-0.3, -0.25) is 10.1 Å². The van der Waals surface area contributed by atoms with Crippen molar-refractivity contribution in [2.75, 3.05) is 11.9 Å². The Morgan fingerprint density at radius 2 is 2.18 bits per heavy atom. The number of halogens is 1. The van der Waals surface area contributed by atoms with Gasteiger partial charge in [0.2, 0.25) is 0 Å². The first-order chi connectivity index (χ1) is 10.6. The standard InChI is InChI=1S/C15H13FN4O2/c16-11-4-5-13(14(9-11)20(21)22)17-7-6-12-10-19-8-2-1-3-15(19)18-12/h1-5,8-10,17H,6-7H2. The second-order valence-corrected chi connectivity index (χ2v) is 4.79. The number of aromatic nitrogens is 2. The summed E-state index contributed by atoms with van der Waals surface area (Å²) in [4.78, 5) is 14.8. The Labute approximate surface area is 125 Å². The van der Waals surface area contributed by atoms with Gasteiger partial charge >= 0.3 is 0 Å². The molecule has 1 N–H and O–H groups in total. The first-order valence-corrected chi connectivity index (χ1v) is 6.74. The summed E-state index contributed by atoms with van der Waals surface area (Å²) in [5.41, 5.74) is 1.76. The lowest BCUT2D eigenvalue weighted by atomic mass is 10.2. The van der Waals surface area contributed by atoms with Gasteiger partial charge in [-0.1, -0.05) is 6.07 Å². The van der Waals surface area contributed by atoms with Gasteiger partial charge in [0.15, 0.2) is 0 Å². The van der Waals surface area contributed by atoms with Crippen LogP contribution in [0.25, 0.3) is 5.65 Å². The van der Waals surface area contributed by atoms with E-state index in [-0.39, 0.29) is 5.69 Å². The van der Waals surface area contributed by atoms with E-state index in [1.807, 2.05) is 35.0 Å². The number of nitrogens with zero attached hydrogens (tertiary/aromatic N) is 3. The van der Waals surface area contributed by atoms with Crippen LogP contribution in [-0.4, -0.2) is 20.9 Å².